The number of carbonyl (C=O) groups excluding carboxylic acids is 1. The molecule has 0 heterocycles. The summed E-state index contributed by atoms with van der Waals surface area (Å²) < 4.78 is 16.3. The van der Waals surface area contributed by atoms with E-state index in [9.17, 15) is 4.79 Å². The van der Waals surface area contributed by atoms with E-state index in [2.05, 4.69) is 29.6 Å². The van der Waals surface area contributed by atoms with E-state index in [1.165, 1.54) is 5.56 Å². The van der Waals surface area contributed by atoms with Crippen LogP contribution in [0, 0.1) is 0 Å². The third-order valence-corrected chi connectivity index (χ3v) is 7.29. The predicted molar refractivity (Wildman–Crippen MR) is 139 cm³/mol. The van der Waals surface area contributed by atoms with Crippen LogP contribution in [0.15, 0.2) is 72.8 Å². The lowest BCUT2D eigenvalue weighted by Crippen LogP contribution is -2.39. The number of rotatable bonds is 10. The first-order valence-electron chi connectivity index (χ1n) is 12.3. The second-order valence-corrected chi connectivity index (χ2v) is 9.27. The van der Waals surface area contributed by atoms with E-state index in [-0.39, 0.29) is 17.2 Å². The number of nitrogens with one attached hydrogen (secondary N) is 1. The van der Waals surface area contributed by atoms with Crippen LogP contribution in [0.2, 0.25) is 0 Å². The topological polar surface area (TPSA) is 56.8 Å². The van der Waals surface area contributed by atoms with E-state index in [1.54, 1.807) is 21.3 Å². The van der Waals surface area contributed by atoms with Gasteiger partial charge < -0.3 is 19.5 Å². The van der Waals surface area contributed by atoms with Crippen LogP contribution in [0.1, 0.15) is 54.7 Å². The zero-order valence-electron chi connectivity index (χ0n) is 20.9. The van der Waals surface area contributed by atoms with Crippen molar-refractivity contribution in [2.45, 2.75) is 43.4 Å². The van der Waals surface area contributed by atoms with Gasteiger partial charge in [0.2, 0.25) is 5.91 Å². The molecule has 3 aromatic rings. The minimum atomic E-state index is -0.0857. The number of amides is 1. The van der Waals surface area contributed by atoms with Crippen LogP contribution in [0.25, 0.3) is 0 Å². The number of benzene rings is 3. The Morgan fingerprint density at radius 2 is 1.49 bits per heavy atom. The fraction of sp³-hybridized carbons (Fsp3) is 0.367. The zero-order valence-corrected chi connectivity index (χ0v) is 20.9. The largest absolute Gasteiger partial charge is 0.497 e. The number of hydrogen-bond donors (Lipinski definition) is 1. The Morgan fingerprint density at radius 3 is 2.11 bits per heavy atom. The quantitative estimate of drug-likeness (QED) is 0.401. The Morgan fingerprint density at radius 1 is 0.829 bits per heavy atom. The van der Waals surface area contributed by atoms with Gasteiger partial charge in [0.25, 0.3) is 0 Å². The first kappa shape index (κ1) is 24.6. The highest BCUT2D eigenvalue weighted by molar-refractivity contribution is 5.77. The van der Waals surface area contributed by atoms with Gasteiger partial charge in [0, 0.05) is 24.3 Å². The third-order valence-electron chi connectivity index (χ3n) is 7.29. The molecule has 3 aromatic carbocycles. The first-order chi connectivity index (χ1) is 17.1. The van der Waals surface area contributed by atoms with Crippen LogP contribution in [-0.2, 0) is 10.2 Å². The van der Waals surface area contributed by atoms with Crippen molar-refractivity contribution in [2.24, 2.45) is 0 Å². The molecule has 0 saturated heterocycles. The minimum absolute atomic E-state index is 0.0253. The Bertz CT molecular complexity index is 1100. The molecule has 5 heteroatoms. The van der Waals surface area contributed by atoms with Gasteiger partial charge in [0.05, 0.1) is 21.3 Å². The van der Waals surface area contributed by atoms with Crippen LogP contribution in [0.4, 0.5) is 0 Å². The summed E-state index contributed by atoms with van der Waals surface area (Å²) in [6.45, 7) is 0.617. The van der Waals surface area contributed by atoms with Gasteiger partial charge in [-0.05, 0) is 53.8 Å². The second kappa shape index (κ2) is 11.3. The average molecular weight is 474 g/mol. The highest BCUT2D eigenvalue weighted by atomic mass is 16.5. The molecule has 0 aliphatic heterocycles. The summed E-state index contributed by atoms with van der Waals surface area (Å²) in [4.78, 5) is 13.3. The Labute approximate surface area is 208 Å². The van der Waals surface area contributed by atoms with Gasteiger partial charge in [-0.2, -0.15) is 0 Å². The maximum Gasteiger partial charge on any atom is 0.220 e. The van der Waals surface area contributed by atoms with Crippen molar-refractivity contribution in [3.63, 3.8) is 0 Å². The van der Waals surface area contributed by atoms with Crippen molar-refractivity contribution in [1.29, 1.82) is 0 Å². The van der Waals surface area contributed by atoms with Gasteiger partial charge in [0.15, 0.2) is 11.5 Å². The molecule has 184 valence electrons. The maximum atomic E-state index is 13.3. The Kier molecular flexibility index (Phi) is 7.96. The van der Waals surface area contributed by atoms with Crippen LogP contribution < -0.4 is 19.5 Å². The van der Waals surface area contributed by atoms with Gasteiger partial charge in [0.1, 0.15) is 5.75 Å². The van der Waals surface area contributed by atoms with Crippen molar-refractivity contribution in [3.8, 4) is 17.2 Å². The van der Waals surface area contributed by atoms with Gasteiger partial charge in [-0.1, -0.05) is 61.4 Å². The maximum absolute atomic E-state index is 13.3. The Hall–Kier alpha value is -3.47. The highest BCUT2D eigenvalue weighted by Crippen LogP contribution is 2.43. The molecule has 0 bridgehead atoms. The fourth-order valence-corrected chi connectivity index (χ4v) is 5.26. The normalized spacial score (nSPS) is 15.3. The van der Waals surface area contributed by atoms with E-state index >= 15 is 0 Å². The lowest BCUT2D eigenvalue weighted by molar-refractivity contribution is -0.121. The van der Waals surface area contributed by atoms with Crippen LogP contribution in [-0.4, -0.2) is 33.8 Å². The molecule has 1 aliphatic rings. The molecule has 1 fully saturated rings. The summed E-state index contributed by atoms with van der Waals surface area (Å²) in [6.07, 6.45) is 4.79. The van der Waals surface area contributed by atoms with Crippen molar-refractivity contribution in [3.05, 3.63) is 89.5 Å². The smallest absolute Gasteiger partial charge is 0.220 e. The molecule has 4 rings (SSSR count). The third kappa shape index (κ3) is 5.61. The lowest BCUT2D eigenvalue weighted by Gasteiger charge is -2.31. The van der Waals surface area contributed by atoms with E-state index in [0.717, 1.165) is 54.1 Å². The SMILES string of the molecule is COc1ccc([C@H](CC(=O)NCC2(c3ccc(OC)c(OC)c3)CCCC2)c2ccccc2)cc1. The second-order valence-electron chi connectivity index (χ2n) is 9.27. The number of hydrogen-bond acceptors (Lipinski definition) is 4. The summed E-state index contributed by atoms with van der Waals surface area (Å²) in [7, 11) is 4.97. The van der Waals surface area contributed by atoms with Crippen molar-refractivity contribution >= 4 is 5.91 Å². The molecule has 1 N–H and O–H groups in total. The van der Waals surface area contributed by atoms with Gasteiger partial charge in [-0.25, -0.2) is 0 Å². The molecule has 0 aromatic heterocycles. The van der Waals surface area contributed by atoms with E-state index < -0.39 is 0 Å². The van der Waals surface area contributed by atoms with Crippen LogP contribution in [0.5, 0.6) is 17.2 Å². The summed E-state index contributed by atoms with van der Waals surface area (Å²) in [5.41, 5.74) is 3.34. The van der Waals surface area contributed by atoms with E-state index in [4.69, 9.17) is 14.2 Å². The van der Waals surface area contributed by atoms with Gasteiger partial charge >= 0.3 is 0 Å². The fourth-order valence-electron chi connectivity index (χ4n) is 5.26. The molecular weight excluding hydrogens is 438 g/mol. The molecule has 0 spiro atoms. The first-order valence-corrected chi connectivity index (χ1v) is 12.3. The zero-order chi connectivity index (χ0) is 24.7. The van der Waals surface area contributed by atoms with Gasteiger partial charge in [-0.15, -0.1) is 0 Å². The molecule has 1 saturated carbocycles. The molecule has 1 amide bonds. The molecule has 5 nitrogen and oxygen atoms in total. The molecule has 1 aliphatic carbocycles. The lowest BCUT2D eigenvalue weighted by atomic mass is 9.78. The van der Waals surface area contributed by atoms with E-state index in [1.807, 2.05) is 48.5 Å². The summed E-state index contributed by atoms with van der Waals surface area (Å²) in [5, 5.41) is 3.29. The average Bonchev–Trinajstić information content (AvgIpc) is 3.41. The summed E-state index contributed by atoms with van der Waals surface area (Å²) in [5.74, 6) is 2.29. The highest BCUT2D eigenvalue weighted by Gasteiger charge is 2.36. The van der Waals surface area contributed by atoms with Crippen LogP contribution in [0.3, 0.4) is 0 Å². The molecular formula is C30H35NO4. The van der Waals surface area contributed by atoms with Crippen molar-refractivity contribution < 1.29 is 19.0 Å². The molecule has 0 radical (unpaired) electrons. The van der Waals surface area contributed by atoms with E-state index in [0.29, 0.717) is 13.0 Å². The number of carbonyl (C=O) groups is 1. The summed E-state index contributed by atoms with van der Waals surface area (Å²) in [6, 6.07) is 24.4. The number of methoxy groups -OCH3 is 3. The predicted octanol–water partition coefficient (Wildman–Crippen LogP) is 5.86. The number of ether oxygens (including phenoxy) is 3. The van der Waals surface area contributed by atoms with Crippen LogP contribution >= 0.6 is 0 Å². The Balaban J connectivity index is 1.52. The summed E-state index contributed by atoms with van der Waals surface area (Å²) >= 11 is 0. The van der Waals surface area contributed by atoms with Crippen molar-refractivity contribution in [1.82, 2.24) is 5.32 Å². The molecule has 1 atom stereocenters. The monoisotopic (exact) mass is 473 g/mol. The van der Waals surface area contributed by atoms with Crippen molar-refractivity contribution in [2.75, 3.05) is 27.9 Å². The standard InChI is InChI=1S/C30H35NO4/c1-33-25-14-11-23(12-15-25)26(22-9-5-4-6-10-22)20-29(32)31-21-30(17-7-8-18-30)24-13-16-27(34-2)28(19-24)35-3/h4-6,9-16,19,26H,7-8,17-18,20-21H2,1-3H3,(H,31,32)/t26-/m1/s1. The molecule has 35 heavy (non-hydrogen) atoms. The minimum Gasteiger partial charge on any atom is -0.497 e. The van der Waals surface area contributed by atoms with Gasteiger partial charge in [-0.3, -0.25) is 4.79 Å². The molecule has 0 unspecified atom stereocenters.